The van der Waals surface area contributed by atoms with Crippen molar-refractivity contribution in [3.63, 3.8) is 0 Å². The number of nitrogens with one attached hydrogen (secondary N) is 2. The van der Waals surface area contributed by atoms with E-state index in [1.54, 1.807) is 67.6 Å². The van der Waals surface area contributed by atoms with Gasteiger partial charge in [0.25, 0.3) is 0 Å². The molecule has 8 heteroatoms. The van der Waals surface area contributed by atoms with Crippen LogP contribution in [0.5, 0.6) is 5.75 Å². The minimum atomic E-state index is -0.924. The number of amides is 2. The molecule has 2 amide bonds. The van der Waals surface area contributed by atoms with Gasteiger partial charge in [0.2, 0.25) is 0 Å². The smallest absolute Gasteiger partial charge is 0.344 e. The Balaban J connectivity index is 1.69. The summed E-state index contributed by atoms with van der Waals surface area (Å²) in [6.45, 7) is 3.55. The fraction of sp³-hybridized carbons (Fsp3) is 0.0833. The molecule has 0 aliphatic carbocycles. The van der Waals surface area contributed by atoms with Crippen LogP contribution in [0.15, 0.2) is 82.4 Å². The fourth-order valence-electron chi connectivity index (χ4n) is 2.71. The third kappa shape index (κ3) is 5.89. The number of ether oxygens (including phenoxy) is 1. The number of anilines is 1. The molecule has 0 fully saturated rings. The van der Waals surface area contributed by atoms with Gasteiger partial charge in [0.1, 0.15) is 5.75 Å². The van der Waals surface area contributed by atoms with Gasteiger partial charge >= 0.3 is 17.8 Å². The number of carbonyl (C=O) groups excluding carboxylic acids is 3. The van der Waals surface area contributed by atoms with Crippen LogP contribution >= 0.6 is 15.9 Å². The molecule has 0 atom stereocenters. The van der Waals surface area contributed by atoms with Crippen LogP contribution in [0.25, 0.3) is 0 Å². The van der Waals surface area contributed by atoms with E-state index in [0.717, 1.165) is 5.56 Å². The fourth-order valence-corrected chi connectivity index (χ4v) is 3.15. The van der Waals surface area contributed by atoms with Crippen molar-refractivity contribution >= 4 is 45.1 Å². The van der Waals surface area contributed by atoms with Gasteiger partial charge < -0.3 is 10.1 Å². The van der Waals surface area contributed by atoms with Crippen LogP contribution in [0.4, 0.5) is 5.69 Å². The summed E-state index contributed by atoms with van der Waals surface area (Å²) < 4.78 is 6.15. The number of nitrogens with zero attached hydrogens (tertiary/aromatic N) is 1. The molecule has 7 nitrogen and oxygen atoms in total. The Morgan fingerprint density at radius 2 is 1.47 bits per heavy atom. The molecule has 0 aliphatic rings. The van der Waals surface area contributed by atoms with Gasteiger partial charge in [-0.2, -0.15) is 5.10 Å². The number of hydrogen-bond donors (Lipinski definition) is 2. The number of esters is 1. The third-order valence-corrected chi connectivity index (χ3v) is 5.11. The summed E-state index contributed by atoms with van der Waals surface area (Å²) in [5, 5.41) is 6.48. The highest BCUT2D eigenvalue weighted by Crippen LogP contribution is 2.23. The van der Waals surface area contributed by atoms with E-state index in [-0.39, 0.29) is 5.75 Å². The number of halogens is 1. The lowest BCUT2D eigenvalue weighted by molar-refractivity contribution is -0.136. The van der Waals surface area contributed by atoms with Crippen LogP contribution in [0.3, 0.4) is 0 Å². The van der Waals surface area contributed by atoms with Gasteiger partial charge in [0.05, 0.1) is 11.3 Å². The van der Waals surface area contributed by atoms with Crippen LogP contribution < -0.4 is 15.5 Å². The maximum atomic E-state index is 12.5. The monoisotopic (exact) mass is 493 g/mol. The Labute approximate surface area is 193 Å². The molecule has 162 valence electrons. The molecule has 0 bridgehead atoms. The maximum Gasteiger partial charge on any atom is 0.344 e. The second kappa shape index (κ2) is 10.5. The summed E-state index contributed by atoms with van der Waals surface area (Å²) in [6, 6.07) is 20.7. The van der Waals surface area contributed by atoms with E-state index in [0.29, 0.717) is 27.0 Å². The molecule has 3 aromatic rings. The number of hydrazone groups is 1. The van der Waals surface area contributed by atoms with Crippen molar-refractivity contribution < 1.29 is 19.1 Å². The first-order chi connectivity index (χ1) is 15.3. The molecule has 0 aromatic heterocycles. The molecule has 0 spiro atoms. The first-order valence-electron chi connectivity index (χ1n) is 9.63. The van der Waals surface area contributed by atoms with Crippen molar-refractivity contribution in [1.82, 2.24) is 5.43 Å². The predicted octanol–water partition coefficient (Wildman–Crippen LogP) is 4.46. The zero-order valence-electron chi connectivity index (χ0n) is 17.4. The molecule has 2 N–H and O–H groups in total. The van der Waals surface area contributed by atoms with Crippen molar-refractivity contribution in [2.75, 3.05) is 5.32 Å². The van der Waals surface area contributed by atoms with Crippen LogP contribution in [-0.2, 0) is 9.59 Å². The second-order valence-electron chi connectivity index (χ2n) is 6.82. The molecule has 3 aromatic carbocycles. The highest BCUT2D eigenvalue weighted by Gasteiger charge is 2.17. The van der Waals surface area contributed by atoms with E-state index in [2.05, 4.69) is 31.8 Å². The van der Waals surface area contributed by atoms with Gasteiger partial charge in [0.15, 0.2) is 0 Å². The van der Waals surface area contributed by atoms with Crippen molar-refractivity contribution in [2.24, 2.45) is 5.10 Å². The van der Waals surface area contributed by atoms with Gasteiger partial charge in [-0.25, -0.2) is 10.2 Å². The van der Waals surface area contributed by atoms with E-state index in [9.17, 15) is 14.4 Å². The van der Waals surface area contributed by atoms with Gasteiger partial charge in [-0.15, -0.1) is 0 Å². The summed E-state index contributed by atoms with van der Waals surface area (Å²) in [4.78, 5) is 36.7. The Bertz CT molecular complexity index is 1190. The zero-order valence-corrected chi connectivity index (χ0v) is 19.0. The summed E-state index contributed by atoms with van der Waals surface area (Å²) in [5.41, 5.74) is 4.98. The van der Waals surface area contributed by atoms with Crippen LogP contribution in [0.2, 0.25) is 0 Å². The summed E-state index contributed by atoms with van der Waals surface area (Å²) in [5.74, 6) is -2.04. The summed E-state index contributed by atoms with van der Waals surface area (Å²) >= 11 is 3.33. The molecule has 0 aliphatic heterocycles. The van der Waals surface area contributed by atoms with Crippen molar-refractivity contribution in [2.45, 2.75) is 13.8 Å². The molecular formula is C24H20BrN3O4. The van der Waals surface area contributed by atoms with Gasteiger partial charge in [-0.1, -0.05) is 42.0 Å². The van der Waals surface area contributed by atoms with Gasteiger partial charge in [0, 0.05) is 15.7 Å². The maximum absolute atomic E-state index is 12.5. The van der Waals surface area contributed by atoms with Crippen molar-refractivity contribution in [3.05, 3.63) is 94.0 Å². The Hall–Kier alpha value is -3.78. The summed E-state index contributed by atoms with van der Waals surface area (Å²) in [6.07, 6.45) is 0. The first kappa shape index (κ1) is 22.9. The lowest BCUT2D eigenvalue weighted by Crippen LogP contribution is -2.33. The number of carbonyl (C=O) groups is 3. The number of hydrogen-bond acceptors (Lipinski definition) is 5. The zero-order chi connectivity index (χ0) is 23.1. The molecule has 32 heavy (non-hydrogen) atoms. The minimum absolute atomic E-state index is 0.271. The SMILES string of the molecule is C/C(=N\NC(=O)C(=O)Nc1ccc(C)cc1)c1ccccc1OC(=O)c1ccccc1Br. The van der Waals surface area contributed by atoms with E-state index < -0.39 is 17.8 Å². The largest absolute Gasteiger partial charge is 0.422 e. The number of rotatable bonds is 5. The molecule has 0 saturated carbocycles. The predicted molar refractivity (Wildman–Crippen MR) is 126 cm³/mol. The molecule has 0 radical (unpaired) electrons. The van der Waals surface area contributed by atoms with Crippen molar-refractivity contribution in [3.8, 4) is 5.75 Å². The van der Waals surface area contributed by atoms with Crippen LogP contribution in [-0.4, -0.2) is 23.5 Å². The lowest BCUT2D eigenvalue weighted by atomic mass is 10.1. The Kier molecular flexibility index (Phi) is 7.51. The normalized spacial score (nSPS) is 10.9. The standard InChI is InChI=1S/C24H20BrN3O4/c1-15-11-13-17(14-12-15)26-22(29)23(30)28-27-16(2)18-7-4-6-10-21(18)32-24(31)19-8-3-5-9-20(19)25/h3-14H,1-2H3,(H,26,29)(H,28,30)/b27-16+. The van der Waals surface area contributed by atoms with Gasteiger partial charge in [-0.05, 0) is 66.2 Å². The molecule has 0 heterocycles. The molecule has 0 unspecified atom stereocenters. The van der Waals surface area contributed by atoms with E-state index in [4.69, 9.17) is 4.74 Å². The Morgan fingerprint density at radius 3 is 2.16 bits per heavy atom. The average Bonchev–Trinajstić information content (AvgIpc) is 2.79. The van der Waals surface area contributed by atoms with E-state index >= 15 is 0 Å². The topological polar surface area (TPSA) is 96.9 Å². The number of benzene rings is 3. The number of aryl methyl sites for hydroxylation is 1. The second-order valence-corrected chi connectivity index (χ2v) is 7.68. The lowest BCUT2D eigenvalue weighted by Gasteiger charge is -2.11. The van der Waals surface area contributed by atoms with Crippen LogP contribution in [0, 0.1) is 6.92 Å². The van der Waals surface area contributed by atoms with Crippen molar-refractivity contribution in [1.29, 1.82) is 0 Å². The quantitative estimate of drug-likeness (QED) is 0.180. The van der Waals surface area contributed by atoms with E-state index in [1.165, 1.54) is 0 Å². The summed E-state index contributed by atoms with van der Waals surface area (Å²) in [7, 11) is 0. The highest BCUT2D eigenvalue weighted by atomic mass is 79.9. The third-order valence-electron chi connectivity index (χ3n) is 4.41. The molecular weight excluding hydrogens is 474 g/mol. The minimum Gasteiger partial charge on any atom is -0.422 e. The average molecular weight is 494 g/mol. The van der Waals surface area contributed by atoms with Gasteiger partial charge in [-0.3, -0.25) is 9.59 Å². The highest BCUT2D eigenvalue weighted by molar-refractivity contribution is 9.10. The first-order valence-corrected chi connectivity index (χ1v) is 10.4. The van der Waals surface area contributed by atoms with Crippen LogP contribution in [0.1, 0.15) is 28.4 Å². The molecule has 0 saturated heterocycles. The number of para-hydroxylation sites is 1. The van der Waals surface area contributed by atoms with E-state index in [1.807, 2.05) is 19.1 Å². The molecule has 3 rings (SSSR count). The Morgan fingerprint density at radius 1 is 0.844 bits per heavy atom.